The van der Waals surface area contributed by atoms with E-state index in [0.29, 0.717) is 37.2 Å². The molecule has 2 N–H and O–H groups in total. The number of benzene rings is 2. The second-order valence-electron chi connectivity index (χ2n) is 12.2. The SMILES string of the molecule is CCOc1cc(C2N(C(C)=O)[C@@H]3C(C)(C)[C@H]4C[C@@]35CCO[C@@H](c3ccc(O)c(OCC)c3)[C@@]25C4)ccc1O. The highest BCUT2D eigenvalue weighted by molar-refractivity contribution is 5.76. The van der Waals surface area contributed by atoms with E-state index < -0.39 is 0 Å². The molecule has 7 heteroatoms. The first-order chi connectivity index (χ1) is 18.1. The minimum absolute atomic E-state index is 0.0308. The highest BCUT2D eigenvalue weighted by Crippen LogP contribution is 2.85. The molecule has 0 radical (unpaired) electrons. The number of phenolic OH excluding ortho intramolecular Hbond substituents is 2. The van der Waals surface area contributed by atoms with Crippen molar-refractivity contribution in [2.75, 3.05) is 19.8 Å². The average molecular weight is 522 g/mol. The van der Waals surface area contributed by atoms with Gasteiger partial charge in [-0.1, -0.05) is 26.0 Å². The maximum atomic E-state index is 13.6. The van der Waals surface area contributed by atoms with Crippen molar-refractivity contribution in [2.45, 2.75) is 72.1 Å². The highest BCUT2D eigenvalue weighted by Gasteiger charge is 2.83. The van der Waals surface area contributed by atoms with Crippen molar-refractivity contribution >= 4 is 5.91 Å². The number of fused-ring (bicyclic) bond motifs is 1. The molecular weight excluding hydrogens is 482 g/mol. The summed E-state index contributed by atoms with van der Waals surface area (Å²) in [6.45, 7) is 11.7. The van der Waals surface area contributed by atoms with Crippen LogP contribution in [0.5, 0.6) is 23.0 Å². The van der Waals surface area contributed by atoms with Gasteiger partial charge >= 0.3 is 0 Å². The van der Waals surface area contributed by atoms with Gasteiger partial charge in [0.15, 0.2) is 23.0 Å². The van der Waals surface area contributed by atoms with E-state index in [0.717, 1.165) is 30.4 Å². The number of hydrogen-bond acceptors (Lipinski definition) is 6. The van der Waals surface area contributed by atoms with Gasteiger partial charge in [0, 0.05) is 30.4 Å². The van der Waals surface area contributed by atoms with E-state index in [4.69, 9.17) is 14.2 Å². The van der Waals surface area contributed by atoms with Crippen molar-refractivity contribution in [2.24, 2.45) is 22.2 Å². The predicted molar refractivity (Wildman–Crippen MR) is 142 cm³/mol. The second kappa shape index (κ2) is 8.54. The van der Waals surface area contributed by atoms with Crippen molar-refractivity contribution < 1.29 is 29.2 Å². The maximum absolute atomic E-state index is 13.6. The van der Waals surface area contributed by atoms with Crippen LogP contribution in [0.2, 0.25) is 0 Å². The first-order valence-corrected chi connectivity index (χ1v) is 13.9. The van der Waals surface area contributed by atoms with Gasteiger partial charge in [-0.15, -0.1) is 0 Å². The zero-order valence-electron chi connectivity index (χ0n) is 23.0. The molecule has 1 amide bonds. The van der Waals surface area contributed by atoms with Crippen LogP contribution in [0.1, 0.15) is 77.2 Å². The second-order valence-corrected chi connectivity index (χ2v) is 12.2. The standard InChI is InChI=1S/C31H39NO6/c1-6-36-24-14-19(8-10-22(24)34)26-31-17-21-16-30(31,28(29(21,4)5)32(26)18(3)33)12-13-38-27(31)20-9-11-23(35)25(15-20)37-7-2/h8-11,14-15,21,26-28,34-35H,6-7,12-13,16-17H2,1-5H3/t21-,26?,27-,28+,30-,31+/m0/s1. The number of amides is 1. The Labute approximate surface area is 224 Å². The first-order valence-electron chi connectivity index (χ1n) is 13.9. The summed E-state index contributed by atoms with van der Waals surface area (Å²) < 4.78 is 18.3. The summed E-state index contributed by atoms with van der Waals surface area (Å²) in [5.41, 5.74) is 1.42. The third kappa shape index (κ3) is 3.08. The molecule has 2 bridgehead atoms. The number of ether oxygens (including phenoxy) is 3. The van der Waals surface area contributed by atoms with Gasteiger partial charge in [-0.25, -0.2) is 0 Å². The van der Waals surface area contributed by atoms with Crippen LogP contribution in [0.25, 0.3) is 0 Å². The summed E-state index contributed by atoms with van der Waals surface area (Å²) in [6.07, 6.45) is 2.63. The van der Waals surface area contributed by atoms with E-state index in [-0.39, 0.29) is 51.8 Å². The van der Waals surface area contributed by atoms with E-state index in [1.807, 2.05) is 38.1 Å². The fraction of sp³-hybridized carbons (Fsp3) is 0.581. The topological polar surface area (TPSA) is 88.5 Å². The van der Waals surface area contributed by atoms with E-state index in [9.17, 15) is 15.0 Å². The first kappa shape index (κ1) is 25.4. The van der Waals surface area contributed by atoms with Gasteiger partial charge in [0.1, 0.15) is 0 Å². The Morgan fingerprint density at radius 1 is 1.00 bits per heavy atom. The lowest BCUT2D eigenvalue weighted by atomic mass is 9.51. The largest absolute Gasteiger partial charge is 0.504 e. The molecule has 2 saturated heterocycles. The van der Waals surface area contributed by atoms with Crippen molar-refractivity contribution in [3.05, 3.63) is 47.5 Å². The van der Waals surface area contributed by atoms with Crippen molar-refractivity contribution in [1.82, 2.24) is 4.90 Å². The van der Waals surface area contributed by atoms with E-state index in [1.54, 1.807) is 19.1 Å². The Kier molecular flexibility index (Phi) is 5.69. The van der Waals surface area contributed by atoms with Gasteiger partial charge in [0.25, 0.3) is 0 Å². The molecular formula is C31H39NO6. The fourth-order valence-electron chi connectivity index (χ4n) is 9.19. The zero-order valence-corrected chi connectivity index (χ0v) is 23.0. The molecule has 2 aromatic carbocycles. The van der Waals surface area contributed by atoms with Crippen LogP contribution < -0.4 is 9.47 Å². The molecule has 4 fully saturated rings. The quantitative estimate of drug-likeness (QED) is 0.503. The fourth-order valence-corrected chi connectivity index (χ4v) is 9.19. The molecule has 2 heterocycles. The maximum Gasteiger partial charge on any atom is 0.220 e. The van der Waals surface area contributed by atoms with Crippen LogP contribution in [-0.2, 0) is 9.53 Å². The molecule has 6 atom stereocenters. The molecule has 2 saturated carbocycles. The Hall–Kier alpha value is -2.93. The lowest BCUT2D eigenvalue weighted by molar-refractivity contribution is -0.164. The number of rotatable bonds is 6. The van der Waals surface area contributed by atoms with Gasteiger partial charge < -0.3 is 29.3 Å². The van der Waals surface area contributed by atoms with Crippen molar-refractivity contribution in [3.63, 3.8) is 0 Å². The minimum Gasteiger partial charge on any atom is -0.504 e. The normalized spacial score (nSPS) is 34.3. The number of hydrogen-bond donors (Lipinski definition) is 2. The molecule has 2 aliphatic carbocycles. The van der Waals surface area contributed by atoms with Crippen LogP contribution in [0.15, 0.2) is 36.4 Å². The van der Waals surface area contributed by atoms with Crippen molar-refractivity contribution in [1.29, 1.82) is 0 Å². The van der Waals surface area contributed by atoms with Gasteiger partial charge in [-0.3, -0.25) is 4.79 Å². The van der Waals surface area contributed by atoms with E-state index in [2.05, 4.69) is 18.7 Å². The van der Waals surface area contributed by atoms with Crippen LogP contribution in [0, 0.1) is 22.2 Å². The Morgan fingerprint density at radius 2 is 1.61 bits per heavy atom. The molecule has 2 aromatic rings. The number of nitrogens with zero attached hydrogens (tertiary/aromatic N) is 1. The molecule has 2 aliphatic heterocycles. The summed E-state index contributed by atoms with van der Waals surface area (Å²) in [5.74, 6) is 1.61. The van der Waals surface area contributed by atoms with Gasteiger partial charge in [-0.2, -0.15) is 0 Å². The number of likely N-dealkylation sites (tertiary alicyclic amines) is 1. The van der Waals surface area contributed by atoms with Crippen LogP contribution >= 0.6 is 0 Å². The van der Waals surface area contributed by atoms with Gasteiger partial charge in [0.2, 0.25) is 5.91 Å². The molecule has 204 valence electrons. The smallest absolute Gasteiger partial charge is 0.220 e. The molecule has 38 heavy (non-hydrogen) atoms. The molecule has 1 unspecified atom stereocenters. The summed E-state index contributed by atoms with van der Waals surface area (Å²) in [6, 6.07) is 10.9. The van der Waals surface area contributed by atoms with Crippen LogP contribution in [-0.4, -0.2) is 46.9 Å². The van der Waals surface area contributed by atoms with Crippen LogP contribution in [0.4, 0.5) is 0 Å². The summed E-state index contributed by atoms with van der Waals surface area (Å²) >= 11 is 0. The van der Waals surface area contributed by atoms with Crippen LogP contribution in [0.3, 0.4) is 0 Å². The number of carbonyl (C=O) groups is 1. The van der Waals surface area contributed by atoms with E-state index >= 15 is 0 Å². The van der Waals surface area contributed by atoms with Crippen molar-refractivity contribution in [3.8, 4) is 23.0 Å². The van der Waals surface area contributed by atoms with Gasteiger partial charge in [-0.05, 0) is 79.8 Å². The minimum atomic E-state index is -0.372. The third-order valence-electron chi connectivity index (χ3n) is 10.3. The highest BCUT2D eigenvalue weighted by atomic mass is 16.5. The molecule has 7 nitrogen and oxygen atoms in total. The predicted octanol–water partition coefficient (Wildman–Crippen LogP) is 5.75. The number of aromatic hydroxyl groups is 2. The average Bonchev–Trinajstić information content (AvgIpc) is 3.41. The molecule has 6 rings (SSSR count). The zero-order chi connectivity index (χ0) is 27.0. The Morgan fingerprint density at radius 3 is 2.21 bits per heavy atom. The Bertz CT molecular complexity index is 1280. The molecule has 4 aliphatic rings. The lowest BCUT2D eigenvalue weighted by Gasteiger charge is -2.55. The number of carbonyl (C=O) groups excluding carboxylic acids is 1. The summed E-state index contributed by atoms with van der Waals surface area (Å²) in [7, 11) is 0. The summed E-state index contributed by atoms with van der Waals surface area (Å²) in [5, 5.41) is 21.0. The molecule has 1 spiro atoms. The third-order valence-corrected chi connectivity index (χ3v) is 10.3. The lowest BCUT2D eigenvalue weighted by Crippen LogP contribution is -2.55. The van der Waals surface area contributed by atoms with E-state index in [1.165, 1.54) is 0 Å². The summed E-state index contributed by atoms with van der Waals surface area (Å²) in [4.78, 5) is 15.8. The van der Waals surface area contributed by atoms with Gasteiger partial charge in [0.05, 0.1) is 25.4 Å². The Balaban J connectivity index is 1.60. The number of phenols is 2. The monoisotopic (exact) mass is 521 g/mol. The molecule has 0 aromatic heterocycles.